The van der Waals surface area contributed by atoms with Crippen LogP contribution in [0.1, 0.15) is 45.4 Å². The summed E-state index contributed by atoms with van der Waals surface area (Å²) in [5.74, 6) is -0.944. The van der Waals surface area contributed by atoms with Crippen LogP contribution in [-0.2, 0) is 6.42 Å². The summed E-state index contributed by atoms with van der Waals surface area (Å²) in [5.41, 5.74) is 7.57. The fourth-order valence-electron chi connectivity index (χ4n) is 3.22. The Kier molecular flexibility index (Phi) is 5.26. The van der Waals surface area contributed by atoms with Crippen molar-refractivity contribution in [3.8, 4) is 5.69 Å². The zero-order valence-electron chi connectivity index (χ0n) is 16.2. The Labute approximate surface area is 159 Å². The van der Waals surface area contributed by atoms with Crippen LogP contribution >= 0.6 is 0 Å². The Morgan fingerprint density at radius 1 is 1.07 bits per heavy atom. The summed E-state index contributed by atoms with van der Waals surface area (Å²) in [5, 5.41) is 9.18. The van der Waals surface area contributed by atoms with Crippen LogP contribution in [0.15, 0.2) is 53.5 Å². The third-order valence-corrected chi connectivity index (χ3v) is 4.87. The van der Waals surface area contributed by atoms with E-state index in [0.29, 0.717) is 5.69 Å². The summed E-state index contributed by atoms with van der Waals surface area (Å²) in [4.78, 5) is 15.7. The van der Waals surface area contributed by atoms with Crippen molar-refractivity contribution in [1.82, 2.24) is 4.57 Å². The molecule has 2 aromatic carbocycles. The van der Waals surface area contributed by atoms with Gasteiger partial charge in [0, 0.05) is 28.9 Å². The smallest absolute Gasteiger partial charge is 0.335 e. The Hall–Kier alpha value is -3.14. The first kappa shape index (κ1) is 18.6. The number of nitrogens with zero attached hydrogens (tertiary/aromatic N) is 2. The molecule has 3 rings (SSSR count). The van der Waals surface area contributed by atoms with Crippen molar-refractivity contribution in [2.24, 2.45) is 4.99 Å². The summed E-state index contributed by atoms with van der Waals surface area (Å²) in [6.07, 6.45) is 2.84. The van der Waals surface area contributed by atoms with Gasteiger partial charge in [0.15, 0.2) is 0 Å². The maximum Gasteiger partial charge on any atom is 0.335 e. The fraction of sp³-hybridized carbons (Fsp3) is 0.217. The van der Waals surface area contributed by atoms with Gasteiger partial charge < -0.3 is 9.67 Å². The van der Waals surface area contributed by atoms with Gasteiger partial charge in [0.2, 0.25) is 0 Å². The molecule has 0 spiro atoms. The molecule has 0 aliphatic heterocycles. The van der Waals surface area contributed by atoms with Crippen molar-refractivity contribution in [3.63, 3.8) is 0 Å². The molecule has 0 radical (unpaired) electrons. The minimum atomic E-state index is -0.944. The quantitative estimate of drug-likeness (QED) is 0.618. The maximum atomic E-state index is 11.2. The van der Waals surface area contributed by atoms with E-state index in [4.69, 9.17) is 0 Å². The molecular weight excluding hydrogens is 336 g/mol. The number of carbonyl (C=O) groups is 1. The van der Waals surface area contributed by atoms with Crippen LogP contribution in [0.2, 0.25) is 0 Å². The molecule has 1 N–H and O–H groups in total. The molecule has 1 aromatic heterocycles. The highest BCUT2D eigenvalue weighted by Gasteiger charge is 2.10. The average Bonchev–Trinajstić information content (AvgIpc) is 2.94. The van der Waals surface area contributed by atoms with Crippen molar-refractivity contribution in [2.75, 3.05) is 0 Å². The number of carboxylic acid groups (broad SMARTS) is 1. The zero-order chi connectivity index (χ0) is 19.6. The lowest BCUT2D eigenvalue weighted by atomic mass is 10.1. The van der Waals surface area contributed by atoms with Gasteiger partial charge in [0.25, 0.3) is 0 Å². The largest absolute Gasteiger partial charge is 0.478 e. The number of aromatic carboxylic acids is 1. The standard InChI is InChI=1S/C23H24N2O2/c1-5-18-7-10-21(11-8-18)25-16(3)12-20(17(25)4)14-24-22-13-19(23(26)27)9-6-15(22)2/h6-14H,5H2,1-4H3,(H,26,27). The molecular formula is C23H24N2O2. The first-order valence-electron chi connectivity index (χ1n) is 9.07. The Bertz CT molecular complexity index is 1010. The van der Waals surface area contributed by atoms with Gasteiger partial charge >= 0.3 is 5.97 Å². The van der Waals surface area contributed by atoms with E-state index < -0.39 is 5.97 Å². The Morgan fingerprint density at radius 3 is 2.41 bits per heavy atom. The molecule has 4 nitrogen and oxygen atoms in total. The summed E-state index contributed by atoms with van der Waals surface area (Å²) in [6.45, 7) is 8.23. The first-order chi connectivity index (χ1) is 12.9. The molecule has 1 heterocycles. The second-order valence-corrected chi connectivity index (χ2v) is 6.75. The number of hydrogen-bond donors (Lipinski definition) is 1. The topological polar surface area (TPSA) is 54.6 Å². The number of aryl methyl sites for hydroxylation is 3. The molecule has 4 heteroatoms. The lowest BCUT2D eigenvalue weighted by Gasteiger charge is -2.10. The highest BCUT2D eigenvalue weighted by atomic mass is 16.4. The van der Waals surface area contributed by atoms with E-state index >= 15 is 0 Å². The summed E-state index contributed by atoms with van der Waals surface area (Å²) in [7, 11) is 0. The number of benzene rings is 2. The van der Waals surface area contributed by atoms with E-state index in [0.717, 1.165) is 34.6 Å². The normalized spacial score (nSPS) is 11.3. The monoisotopic (exact) mass is 360 g/mol. The second kappa shape index (κ2) is 7.62. The zero-order valence-corrected chi connectivity index (χ0v) is 16.2. The van der Waals surface area contributed by atoms with E-state index in [1.165, 1.54) is 5.56 Å². The molecule has 0 saturated heterocycles. The van der Waals surface area contributed by atoms with Gasteiger partial charge in [-0.05, 0) is 68.7 Å². The van der Waals surface area contributed by atoms with Crippen LogP contribution in [0.3, 0.4) is 0 Å². The lowest BCUT2D eigenvalue weighted by molar-refractivity contribution is 0.0697. The molecule has 0 aliphatic rings. The molecule has 0 unspecified atom stereocenters. The van der Waals surface area contributed by atoms with Gasteiger partial charge in [-0.15, -0.1) is 0 Å². The summed E-state index contributed by atoms with van der Waals surface area (Å²) in [6, 6.07) is 15.7. The molecule has 0 bridgehead atoms. The van der Waals surface area contributed by atoms with Crippen LogP contribution in [0.25, 0.3) is 5.69 Å². The third-order valence-electron chi connectivity index (χ3n) is 4.87. The predicted octanol–water partition coefficient (Wildman–Crippen LogP) is 5.41. The molecule has 0 saturated carbocycles. The van der Waals surface area contributed by atoms with Gasteiger partial charge in [-0.3, -0.25) is 4.99 Å². The van der Waals surface area contributed by atoms with Crippen LogP contribution in [-0.4, -0.2) is 21.9 Å². The first-order valence-corrected chi connectivity index (χ1v) is 9.07. The highest BCUT2D eigenvalue weighted by molar-refractivity contribution is 5.90. The van der Waals surface area contributed by atoms with Gasteiger partial charge in [0.05, 0.1) is 11.3 Å². The van der Waals surface area contributed by atoms with Crippen molar-refractivity contribution < 1.29 is 9.90 Å². The fourth-order valence-corrected chi connectivity index (χ4v) is 3.22. The van der Waals surface area contributed by atoms with E-state index in [1.807, 2.05) is 13.1 Å². The lowest BCUT2D eigenvalue weighted by Crippen LogP contribution is -1.99. The maximum absolute atomic E-state index is 11.2. The van der Waals surface area contributed by atoms with Crippen LogP contribution in [0.4, 0.5) is 5.69 Å². The van der Waals surface area contributed by atoms with E-state index in [2.05, 4.69) is 60.7 Å². The van der Waals surface area contributed by atoms with Crippen LogP contribution < -0.4 is 0 Å². The van der Waals surface area contributed by atoms with Gasteiger partial charge in [-0.1, -0.05) is 25.1 Å². The van der Waals surface area contributed by atoms with Gasteiger partial charge in [-0.2, -0.15) is 0 Å². The summed E-state index contributed by atoms with van der Waals surface area (Å²) < 4.78 is 2.21. The molecule has 3 aromatic rings. The molecule has 0 amide bonds. The molecule has 27 heavy (non-hydrogen) atoms. The number of hydrogen-bond acceptors (Lipinski definition) is 2. The third kappa shape index (κ3) is 3.85. The Balaban J connectivity index is 1.96. The van der Waals surface area contributed by atoms with Crippen molar-refractivity contribution in [2.45, 2.75) is 34.1 Å². The van der Waals surface area contributed by atoms with Crippen LogP contribution in [0.5, 0.6) is 0 Å². The van der Waals surface area contributed by atoms with Crippen LogP contribution in [0, 0.1) is 20.8 Å². The average molecular weight is 360 g/mol. The van der Waals surface area contributed by atoms with Gasteiger partial charge in [-0.25, -0.2) is 4.79 Å². The number of aliphatic imine (C=N–C) groups is 1. The molecule has 0 atom stereocenters. The molecule has 0 fully saturated rings. The minimum Gasteiger partial charge on any atom is -0.478 e. The number of rotatable bonds is 5. The van der Waals surface area contributed by atoms with Crippen molar-refractivity contribution in [1.29, 1.82) is 0 Å². The minimum absolute atomic E-state index is 0.245. The summed E-state index contributed by atoms with van der Waals surface area (Å²) >= 11 is 0. The number of carboxylic acids is 1. The highest BCUT2D eigenvalue weighted by Crippen LogP contribution is 2.23. The molecule has 138 valence electrons. The SMILES string of the molecule is CCc1ccc(-n2c(C)cc(C=Nc3cc(C(=O)O)ccc3C)c2C)cc1. The van der Waals surface area contributed by atoms with Crippen molar-refractivity contribution in [3.05, 3.63) is 82.2 Å². The van der Waals surface area contributed by atoms with E-state index in [1.54, 1.807) is 18.2 Å². The Morgan fingerprint density at radius 2 is 1.78 bits per heavy atom. The van der Waals surface area contributed by atoms with E-state index in [9.17, 15) is 9.90 Å². The van der Waals surface area contributed by atoms with E-state index in [-0.39, 0.29) is 5.56 Å². The number of aromatic nitrogens is 1. The molecule has 0 aliphatic carbocycles. The van der Waals surface area contributed by atoms with Gasteiger partial charge in [0.1, 0.15) is 0 Å². The predicted molar refractivity (Wildman–Crippen MR) is 110 cm³/mol. The second-order valence-electron chi connectivity index (χ2n) is 6.75. The van der Waals surface area contributed by atoms with Crippen molar-refractivity contribution >= 4 is 17.9 Å².